The van der Waals surface area contributed by atoms with E-state index in [0.717, 1.165) is 57.5 Å². The van der Waals surface area contributed by atoms with Crippen LogP contribution in [0, 0.1) is 5.41 Å². The molecule has 3 fully saturated rings. The maximum atomic E-state index is 12.9. The van der Waals surface area contributed by atoms with Gasteiger partial charge < -0.3 is 9.80 Å². The SMILES string of the molecule is CC(C(=O)N1CCC2(CCC(=O)N(Cc3ccncc3)C2)CC1)N1CCCC1. The first-order valence-corrected chi connectivity index (χ1v) is 10.8. The number of aromatic nitrogens is 1. The van der Waals surface area contributed by atoms with Crippen LogP contribution in [0.15, 0.2) is 24.5 Å². The van der Waals surface area contributed by atoms with Crippen LogP contribution in [0.1, 0.15) is 51.0 Å². The highest BCUT2D eigenvalue weighted by Crippen LogP contribution is 2.40. The largest absolute Gasteiger partial charge is 0.341 e. The number of carbonyl (C=O) groups is 2. The lowest BCUT2D eigenvalue weighted by molar-refractivity contribution is -0.145. The zero-order valence-electron chi connectivity index (χ0n) is 17.0. The van der Waals surface area contributed by atoms with Gasteiger partial charge >= 0.3 is 0 Å². The average molecular weight is 385 g/mol. The summed E-state index contributed by atoms with van der Waals surface area (Å²) in [6, 6.07) is 3.97. The van der Waals surface area contributed by atoms with Crippen molar-refractivity contribution in [2.45, 2.75) is 58.0 Å². The van der Waals surface area contributed by atoms with Gasteiger partial charge in [-0.2, -0.15) is 0 Å². The van der Waals surface area contributed by atoms with E-state index in [9.17, 15) is 9.59 Å². The number of pyridine rings is 1. The van der Waals surface area contributed by atoms with Crippen LogP contribution >= 0.6 is 0 Å². The maximum absolute atomic E-state index is 12.9. The second-order valence-corrected chi connectivity index (χ2v) is 8.85. The van der Waals surface area contributed by atoms with Crippen LogP contribution in [-0.4, -0.2) is 70.3 Å². The summed E-state index contributed by atoms with van der Waals surface area (Å²) < 4.78 is 0. The van der Waals surface area contributed by atoms with Crippen molar-refractivity contribution in [2.24, 2.45) is 5.41 Å². The van der Waals surface area contributed by atoms with Gasteiger partial charge in [-0.25, -0.2) is 0 Å². The number of amides is 2. The molecule has 3 aliphatic rings. The van der Waals surface area contributed by atoms with Crippen molar-refractivity contribution in [3.63, 3.8) is 0 Å². The van der Waals surface area contributed by atoms with Crippen LogP contribution in [-0.2, 0) is 16.1 Å². The van der Waals surface area contributed by atoms with Crippen molar-refractivity contribution in [2.75, 3.05) is 32.7 Å². The number of hydrogen-bond acceptors (Lipinski definition) is 4. The number of piperidine rings is 2. The molecule has 1 unspecified atom stereocenters. The molecule has 1 aromatic rings. The fourth-order valence-electron chi connectivity index (χ4n) is 5.11. The summed E-state index contributed by atoms with van der Waals surface area (Å²) in [6.45, 7) is 7.31. The third-order valence-electron chi connectivity index (χ3n) is 7.05. The van der Waals surface area contributed by atoms with Gasteiger partial charge in [0, 0.05) is 45.0 Å². The van der Waals surface area contributed by atoms with Crippen molar-refractivity contribution < 1.29 is 9.59 Å². The zero-order valence-corrected chi connectivity index (χ0v) is 17.0. The van der Waals surface area contributed by atoms with Crippen LogP contribution in [0.5, 0.6) is 0 Å². The molecule has 1 aromatic heterocycles. The summed E-state index contributed by atoms with van der Waals surface area (Å²) in [6.07, 6.45) is 9.59. The minimum absolute atomic E-state index is 0.00710. The normalized spacial score (nSPS) is 24.0. The Balaban J connectivity index is 1.35. The Hall–Kier alpha value is -1.95. The Morgan fingerprint density at radius 2 is 1.79 bits per heavy atom. The van der Waals surface area contributed by atoms with Gasteiger partial charge in [0.25, 0.3) is 0 Å². The second-order valence-electron chi connectivity index (χ2n) is 8.85. The molecule has 1 spiro atoms. The van der Waals surface area contributed by atoms with Crippen LogP contribution < -0.4 is 0 Å². The van der Waals surface area contributed by atoms with Gasteiger partial charge in [-0.15, -0.1) is 0 Å². The lowest BCUT2D eigenvalue weighted by Gasteiger charge is -2.48. The number of likely N-dealkylation sites (tertiary alicyclic amines) is 3. The first-order chi connectivity index (χ1) is 13.6. The van der Waals surface area contributed by atoms with E-state index in [1.807, 2.05) is 17.0 Å². The third-order valence-corrected chi connectivity index (χ3v) is 7.05. The Morgan fingerprint density at radius 3 is 2.46 bits per heavy atom. The van der Waals surface area contributed by atoms with Gasteiger partial charge in [-0.1, -0.05) is 0 Å². The number of carbonyl (C=O) groups excluding carboxylic acids is 2. The molecule has 4 heterocycles. The molecular formula is C22H32N4O2. The molecule has 6 nitrogen and oxygen atoms in total. The molecule has 3 saturated heterocycles. The van der Waals surface area contributed by atoms with Gasteiger partial charge in [0.15, 0.2) is 0 Å². The van der Waals surface area contributed by atoms with Gasteiger partial charge in [0.05, 0.1) is 6.04 Å². The quantitative estimate of drug-likeness (QED) is 0.799. The highest BCUT2D eigenvalue weighted by molar-refractivity contribution is 5.81. The van der Waals surface area contributed by atoms with E-state index in [4.69, 9.17) is 0 Å². The molecule has 28 heavy (non-hydrogen) atoms. The molecular weight excluding hydrogens is 352 g/mol. The first kappa shape index (κ1) is 19.4. The average Bonchev–Trinajstić information content (AvgIpc) is 3.26. The smallest absolute Gasteiger partial charge is 0.239 e. The zero-order chi connectivity index (χ0) is 19.6. The van der Waals surface area contributed by atoms with Crippen molar-refractivity contribution in [1.82, 2.24) is 19.7 Å². The van der Waals surface area contributed by atoms with Crippen LogP contribution in [0.4, 0.5) is 0 Å². The summed E-state index contributed by atoms with van der Waals surface area (Å²) >= 11 is 0. The van der Waals surface area contributed by atoms with E-state index in [-0.39, 0.29) is 23.3 Å². The van der Waals surface area contributed by atoms with Crippen molar-refractivity contribution in [1.29, 1.82) is 0 Å². The van der Waals surface area contributed by atoms with Crippen LogP contribution in [0.25, 0.3) is 0 Å². The fraction of sp³-hybridized carbons (Fsp3) is 0.682. The number of rotatable bonds is 4. The van der Waals surface area contributed by atoms with Gasteiger partial charge in [0.2, 0.25) is 11.8 Å². The monoisotopic (exact) mass is 384 g/mol. The molecule has 0 aliphatic carbocycles. The minimum atomic E-state index is 0.00710. The molecule has 0 saturated carbocycles. The van der Waals surface area contributed by atoms with E-state index in [1.54, 1.807) is 12.4 Å². The molecule has 0 radical (unpaired) electrons. The molecule has 2 amide bonds. The second kappa shape index (κ2) is 8.19. The fourth-order valence-corrected chi connectivity index (χ4v) is 5.11. The summed E-state index contributed by atoms with van der Waals surface area (Å²) in [5.41, 5.74) is 1.31. The van der Waals surface area contributed by atoms with E-state index >= 15 is 0 Å². The molecule has 0 bridgehead atoms. The standard InChI is InChI=1S/C22H32N4O2/c1-18(24-12-2-3-13-24)21(28)25-14-8-22(9-15-25)7-4-20(27)26(17-22)16-19-5-10-23-11-6-19/h5-6,10-11,18H,2-4,7-9,12-17H2,1H3. The van der Waals surface area contributed by atoms with Gasteiger partial charge in [-0.3, -0.25) is 19.5 Å². The van der Waals surface area contributed by atoms with Crippen molar-refractivity contribution in [3.05, 3.63) is 30.1 Å². The summed E-state index contributed by atoms with van der Waals surface area (Å²) in [5, 5.41) is 0. The molecule has 0 N–H and O–H groups in total. The van der Waals surface area contributed by atoms with Gasteiger partial charge in [-0.05, 0) is 75.2 Å². The Morgan fingerprint density at radius 1 is 1.11 bits per heavy atom. The highest BCUT2D eigenvalue weighted by Gasteiger charge is 2.42. The first-order valence-electron chi connectivity index (χ1n) is 10.8. The number of nitrogens with zero attached hydrogens (tertiary/aromatic N) is 4. The molecule has 152 valence electrons. The van der Waals surface area contributed by atoms with Gasteiger partial charge in [0.1, 0.15) is 0 Å². The highest BCUT2D eigenvalue weighted by atomic mass is 16.2. The van der Waals surface area contributed by atoms with E-state index in [1.165, 1.54) is 12.8 Å². The summed E-state index contributed by atoms with van der Waals surface area (Å²) in [4.78, 5) is 35.9. The third kappa shape index (κ3) is 4.07. The van der Waals surface area contributed by atoms with E-state index in [2.05, 4.69) is 21.7 Å². The van der Waals surface area contributed by atoms with E-state index < -0.39 is 0 Å². The Labute approximate surface area is 167 Å². The molecule has 3 aliphatic heterocycles. The predicted octanol–water partition coefficient (Wildman–Crippen LogP) is 2.30. The summed E-state index contributed by atoms with van der Waals surface area (Å²) in [5.74, 6) is 0.542. The Bertz CT molecular complexity index is 694. The lowest BCUT2D eigenvalue weighted by Crippen LogP contribution is -2.54. The lowest BCUT2D eigenvalue weighted by atomic mass is 9.72. The van der Waals surface area contributed by atoms with Crippen molar-refractivity contribution >= 4 is 11.8 Å². The predicted molar refractivity (Wildman–Crippen MR) is 107 cm³/mol. The van der Waals surface area contributed by atoms with Crippen molar-refractivity contribution in [3.8, 4) is 0 Å². The maximum Gasteiger partial charge on any atom is 0.239 e. The number of hydrogen-bond donors (Lipinski definition) is 0. The minimum Gasteiger partial charge on any atom is -0.341 e. The molecule has 1 atom stereocenters. The van der Waals surface area contributed by atoms with Crippen LogP contribution in [0.3, 0.4) is 0 Å². The topological polar surface area (TPSA) is 56.8 Å². The van der Waals surface area contributed by atoms with E-state index in [0.29, 0.717) is 13.0 Å². The summed E-state index contributed by atoms with van der Waals surface area (Å²) in [7, 11) is 0. The Kier molecular flexibility index (Phi) is 5.67. The molecule has 4 rings (SSSR count). The van der Waals surface area contributed by atoms with Crippen LogP contribution in [0.2, 0.25) is 0 Å². The molecule has 6 heteroatoms. The molecule has 0 aromatic carbocycles.